The van der Waals surface area contributed by atoms with Crippen molar-refractivity contribution >= 4 is 22.8 Å². The van der Waals surface area contributed by atoms with E-state index in [1.165, 1.54) is 5.56 Å². The zero-order valence-electron chi connectivity index (χ0n) is 15.1. The van der Waals surface area contributed by atoms with Crippen LogP contribution < -0.4 is 5.32 Å². The van der Waals surface area contributed by atoms with Crippen molar-refractivity contribution in [2.24, 2.45) is 0 Å². The minimum absolute atomic E-state index is 0.0560. The Bertz CT molecular complexity index is 955. The van der Waals surface area contributed by atoms with Crippen molar-refractivity contribution < 1.29 is 4.79 Å². The molecule has 132 valence electrons. The van der Waals surface area contributed by atoms with Crippen molar-refractivity contribution in [2.45, 2.75) is 26.2 Å². The third-order valence-corrected chi connectivity index (χ3v) is 5.07. The number of likely N-dealkylation sites (tertiary alicyclic amines) is 1. The molecule has 0 bridgehead atoms. The number of hydrogen-bond acceptors (Lipinski definition) is 3. The highest BCUT2D eigenvalue weighted by atomic mass is 16.2. The van der Waals surface area contributed by atoms with Crippen molar-refractivity contribution in [2.75, 3.05) is 18.4 Å². The quantitative estimate of drug-likeness (QED) is 0.754. The first-order valence-electron chi connectivity index (χ1n) is 8.96. The second-order valence-electron chi connectivity index (χ2n) is 6.87. The molecule has 1 aromatic heterocycles. The van der Waals surface area contributed by atoms with Crippen molar-refractivity contribution in [1.82, 2.24) is 14.9 Å². The van der Waals surface area contributed by atoms with Gasteiger partial charge in [-0.3, -0.25) is 0 Å². The van der Waals surface area contributed by atoms with Gasteiger partial charge in [0.25, 0.3) is 0 Å². The maximum absolute atomic E-state index is 12.6. The van der Waals surface area contributed by atoms with Gasteiger partial charge in [-0.1, -0.05) is 30.3 Å². The van der Waals surface area contributed by atoms with E-state index in [4.69, 9.17) is 0 Å². The average molecular weight is 346 g/mol. The number of urea groups is 1. The van der Waals surface area contributed by atoms with Crippen LogP contribution in [-0.4, -0.2) is 34.0 Å². The van der Waals surface area contributed by atoms with Crippen LogP contribution in [-0.2, 0) is 0 Å². The van der Waals surface area contributed by atoms with Crippen molar-refractivity contribution in [1.29, 1.82) is 0 Å². The number of benzene rings is 2. The molecule has 1 atom stereocenters. The summed E-state index contributed by atoms with van der Waals surface area (Å²) in [4.78, 5) is 23.6. The number of amides is 2. The van der Waals surface area contributed by atoms with E-state index in [9.17, 15) is 4.79 Å². The number of carbonyl (C=O) groups excluding carboxylic acids is 1. The fourth-order valence-electron chi connectivity index (χ4n) is 3.45. The number of carbonyl (C=O) groups is 1. The normalized spacial score (nSPS) is 16.8. The summed E-state index contributed by atoms with van der Waals surface area (Å²) >= 11 is 0. The molecule has 2 heterocycles. The Kier molecular flexibility index (Phi) is 4.29. The summed E-state index contributed by atoms with van der Waals surface area (Å²) in [5.74, 6) is 0.412. The van der Waals surface area contributed by atoms with Gasteiger partial charge in [-0.25, -0.2) is 14.8 Å². The van der Waals surface area contributed by atoms with Crippen molar-refractivity contribution in [3.63, 3.8) is 0 Å². The van der Waals surface area contributed by atoms with Gasteiger partial charge in [0, 0.05) is 24.7 Å². The molecule has 0 saturated carbocycles. The third-order valence-electron chi connectivity index (χ3n) is 5.07. The second-order valence-corrected chi connectivity index (χ2v) is 6.87. The Hall–Kier alpha value is -2.95. The molecule has 3 aromatic rings. The molecule has 2 aromatic carbocycles. The summed E-state index contributed by atoms with van der Waals surface area (Å²) in [5.41, 5.74) is 5.54. The number of hydrogen-bond donors (Lipinski definition) is 1. The molecule has 1 N–H and O–H groups in total. The smallest absolute Gasteiger partial charge is 0.321 e. The highest BCUT2D eigenvalue weighted by Crippen LogP contribution is 2.27. The van der Waals surface area contributed by atoms with Crippen LogP contribution in [0.1, 0.15) is 29.3 Å². The maximum Gasteiger partial charge on any atom is 0.321 e. The van der Waals surface area contributed by atoms with Crippen LogP contribution in [0.2, 0.25) is 0 Å². The Morgan fingerprint density at radius 3 is 2.54 bits per heavy atom. The predicted octanol–water partition coefficient (Wildman–Crippen LogP) is 4.27. The Labute approximate surface area is 153 Å². The number of anilines is 1. The Morgan fingerprint density at radius 1 is 1.04 bits per heavy atom. The summed E-state index contributed by atoms with van der Waals surface area (Å²) in [7, 11) is 0. The number of nitrogens with one attached hydrogen (secondary N) is 1. The van der Waals surface area contributed by atoms with Gasteiger partial charge in [-0.05, 0) is 44.0 Å². The lowest BCUT2D eigenvalue weighted by Crippen LogP contribution is -2.32. The highest BCUT2D eigenvalue weighted by Gasteiger charge is 2.27. The molecule has 0 aliphatic carbocycles. The standard InChI is InChI=1S/C21H22N4O/c1-14-15(2)23-20-12-18(8-9-19(20)22-14)24-21(26)25-11-10-17(13-25)16-6-4-3-5-7-16/h3-9,12,17H,10-11,13H2,1-2H3,(H,24,26)/t17-/m1/s1. The van der Waals surface area contributed by atoms with Crippen LogP contribution in [0.3, 0.4) is 0 Å². The minimum Gasteiger partial charge on any atom is -0.324 e. The molecule has 1 aliphatic heterocycles. The van der Waals surface area contributed by atoms with Crippen LogP contribution in [0.5, 0.6) is 0 Å². The molecule has 0 radical (unpaired) electrons. The lowest BCUT2D eigenvalue weighted by Gasteiger charge is -2.18. The van der Waals surface area contributed by atoms with E-state index in [2.05, 4.69) is 39.6 Å². The number of aromatic nitrogens is 2. The summed E-state index contributed by atoms with van der Waals surface area (Å²) in [5, 5.41) is 3.00. The van der Waals surface area contributed by atoms with Gasteiger partial charge in [0.05, 0.1) is 22.4 Å². The topological polar surface area (TPSA) is 58.1 Å². The van der Waals surface area contributed by atoms with E-state index in [0.29, 0.717) is 5.92 Å². The monoisotopic (exact) mass is 346 g/mol. The summed E-state index contributed by atoms with van der Waals surface area (Å²) in [6.45, 7) is 5.42. The first-order valence-corrected chi connectivity index (χ1v) is 8.96. The molecule has 1 saturated heterocycles. The number of aryl methyl sites for hydroxylation is 2. The zero-order valence-corrected chi connectivity index (χ0v) is 15.1. The molecular formula is C21H22N4O. The second kappa shape index (κ2) is 6.75. The largest absolute Gasteiger partial charge is 0.324 e. The zero-order chi connectivity index (χ0) is 18.1. The predicted molar refractivity (Wildman–Crippen MR) is 103 cm³/mol. The SMILES string of the molecule is Cc1nc2ccc(NC(=O)N3CC[C@@H](c4ccccc4)C3)cc2nc1C. The lowest BCUT2D eigenvalue weighted by molar-refractivity contribution is 0.222. The van der Waals surface area contributed by atoms with Crippen LogP contribution >= 0.6 is 0 Å². The highest BCUT2D eigenvalue weighted by molar-refractivity contribution is 5.92. The Balaban J connectivity index is 1.46. The molecule has 5 nitrogen and oxygen atoms in total. The van der Waals surface area contributed by atoms with Gasteiger partial charge >= 0.3 is 6.03 Å². The third kappa shape index (κ3) is 3.25. The van der Waals surface area contributed by atoms with Gasteiger partial charge in [0.1, 0.15) is 0 Å². The van der Waals surface area contributed by atoms with Gasteiger partial charge in [-0.15, -0.1) is 0 Å². The van der Waals surface area contributed by atoms with Crippen LogP contribution in [0.4, 0.5) is 10.5 Å². The summed E-state index contributed by atoms with van der Waals surface area (Å²) < 4.78 is 0. The van der Waals surface area contributed by atoms with E-state index >= 15 is 0 Å². The van der Waals surface area contributed by atoms with Crippen molar-refractivity contribution in [3.8, 4) is 0 Å². The van der Waals surface area contributed by atoms with Crippen LogP contribution in [0.25, 0.3) is 11.0 Å². The maximum atomic E-state index is 12.6. The first-order chi connectivity index (χ1) is 12.6. The van der Waals surface area contributed by atoms with E-state index < -0.39 is 0 Å². The molecular weight excluding hydrogens is 324 g/mol. The van der Waals surface area contributed by atoms with E-state index in [1.807, 2.05) is 43.0 Å². The van der Waals surface area contributed by atoms with E-state index in [0.717, 1.165) is 47.6 Å². The number of fused-ring (bicyclic) bond motifs is 1. The molecule has 1 fully saturated rings. The van der Waals surface area contributed by atoms with Gasteiger partial charge in [0.15, 0.2) is 0 Å². The lowest BCUT2D eigenvalue weighted by atomic mass is 9.99. The first kappa shape index (κ1) is 16.5. The van der Waals surface area contributed by atoms with E-state index in [-0.39, 0.29) is 6.03 Å². The number of nitrogens with zero attached hydrogens (tertiary/aromatic N) is 3. The molecule has 1 aliphatic rings. The van der Waals surface area contributed by atoms with Crippen LogP contribution in [0.15, 0.2) is 48.5 Å². The van der Waals surface area contributed by atoms with E-state index in [1.54, 1.807) is 0 Å². The average Bonchev–Trinajstić information content (AvgIpc) is 3.14. The van der Waals surface area contributed by atoms with Gasteiger partial charge in [0.2, 0.25) is 0 Å². The summed E-state index contributed by atoms with van der Waals surface area (Å²) in [6.07, 6.45) is 0.999. The van der Waals surface area contributed by atoms with Crippen LogP contribution in [0, 0.1) is 13.8 Å². The van der Waals surface area contributed by atoms with Gasteiger partial charge in [-0.2, -0.15) is 0 Å². The minimum atomic E-state index is -0.0560. The number of rotatable bonds is 2. The van der Waals surface area contributed by atoms with Crippen molar-refractivity contribution in [3.05, 3.63) is 65.5 Å². The molecule has 5 heteroatoms. The fourth-order valence-corrected chi connectivity index (χ4v) is 3.45. The molecule has 4 rings (SSSR count). The molecule has 0 spiro atoms. The molecule has 0 unspecified atom stereocenters. The Morgan fingerprint density at radius 2 is 1.77 bits per heavy atom. The molecule has 2 amide bonds. The van der Waals surface area contributed by atoms with Gasteiger partial charge < -0.3 is 10.2 Å². The molecule has 26 heavy (non-hydrogen) atoms. The fraction of sp³-hybridized carbons (Fsp3) is 0.286. The summed E-state index contributed by atoms with van der Waals surface area (Å²) in [6, 6.07) is 16.0.